The summed E-state index contributed by atoms with van der Waals surface area (Å²) in [4.78, 5) is 0. The largest absolute Gasteiger partial charge is 0.487 e. The molecule has 0 radical (unpaired) electrons. The van der Waals surface area contributed by atoms with Crippen molar-refractivity contribution in [3.05, 3.63) is 29.8 Å². The van der Waals surface area contributed by atoms with Gasteiger partial charge in [-0.3, -0.25) is 0 Å². The van der Waals surface area contributed by atoms with Crippen LogP contribution in [0.3, 0.4) is 0 Å². The second-order valence-electron chi connectivity index (χ2n) is 4.82. The summed E-state index contributed by atoms with van der Waals surface area (Å²) in [5.74, 6) is 0.987. The van der Waals surface area contributed by atoms with Gasteiger partial charge in [0.15, 0.2) is 0 Å². The number of hydrogen-bond donors (Lipinski definition) is 0. The average Bonchev–Trinajstić information content (AvgIpc) is 2.83. The summed E-state index contributed by atoms with van der Waals surface area (Å²) in [5, 5.41) is 0. The van der Waals surface area contributed by atoms with Crippen LogP contribution in [0.2, 0.25) is 0 Å². The summed E-state index contributed by atoms with van der Waals surface area (Å²) in [6.07, 6.45) is 0.955. The molecule has 2 heterocycles. The average molecular weight is 190 g/mol. The smallest absolute Gasteiger partial charge is 0.126 e. The normalized spacial score (nSPS) is 32.1. The zero-order chi connectivity index (χ0) is 9.81. The minimum Gasteiger partial charge on any atom is -0.487 e. The van der Waals surface area contributed by atoms with Gasteiger partial charge < -0.3 is 9.47 Å². The zero-order valence-corrected chi connectivity index (χ0v) is 8.54. The number of benzene rings is 1. The van der Waals surface area contributed by atoms with E-state index in [9.17, 15) is 0 Å². The lowest BCUT2D eigenvalue weighted by molar-refractivity contribution is 0.0421. The van der Waals surface area contributed by atoms with Crippen LogP contribution in [0.15, 0.2) is 24.3 Å². The number of epoxide rings is 1. The fourth-order valence-electron chi connectivity index (χ4n) is 2.39. The molecule has 0 aliphatic carbocycles. The predicted octanol–water partition coefficient (Wildman–Crippen LogP) is 2.47. The van der Waals surface area contributed by atoms with Gasteiger partial charge in [-0.1, -0.05) is 18.2 Å². The maximum atomic E-state index is 5.91. The van der Waals surface area contributed by atoms with Gasteiger partial charge in [-0.15, -0.1) is 0 Å². The van der Waals surface area contributed by atoms with Crippen LogP contribution < -0.4 is 4.74 Å². The molecule has 2 aliphatic heterocycles. The Hall–Kier alpha value is -1.02. The van der Waals surface area contributed by atoms with Crippen LogP contribution in [0, 0.1) is 0 Å². The highest BCUT2D eigenvalue weighted by Crippen LogP contribution is 2.52. The molecule has 74 valence electrons. The van der Waals surface area contributed by atoms with E-state index in [1.165, 1.54) is 5.56 Å². The van der Waals surface area contributed by atoms with Gasteiger partial charge >= 0.3 is 0 Å². The minimum absolute atomic E-state index is 0.0294. The van der Waals surface area contributed by atoms with E-state index in [1.807, 2.05) is 18.2 Å². The van der Waals surface area contributed by atoms with Gasteiger partial charge in [0.1, 0.15) is 17.0 Å². The molecule has 1 aromatic rings. The molecule has 2 aliphatic rings. The zero-order valence-electron chi connectivity index (χ0n) is 8.54. The quantitative estimate of drug-likeness (QED) is 0.586. The maximum absolute atomic E-state index is 5.91. The van der Waals surface area contributed by atoms with E-state index in [4.69, 9.17) is 9.47 Å². The number of fused-ring (bicyclic) bond motifs is 2. The molecule has 0 amide bonds. The van der Waals surface area contributed by atoms with Crippen LogP contribution in [0.4, 0.5) is 0 Å². The van der Waals surface area contributed by atoms with E-state index in [0.29, 0.717) is 0 Å². The third kappa shape index (κ3) is 1.07. The Morgan fingerprint density at radius 3 is 2.64 bits per heavy atom. The number of rotatable bonds is 0. The Kier molecular flexibility index (Phi) is 1.37. The maximum Gasteiger partial charge on any atom is 0.126 e. The molecule has 2 heteroatoms. The van der Waals surface area contributed by atoms with Crippen LogP contribution in [-0.4, -0.2) is 12.2 Å². The molecule has 1 aromatic carbocycles. The van der Waals surface area contributed by atoms with Gasteiger partial charge in [0.05, 0.1) is 6.61 Å². The van der Waals surface area contributed by atoms with Crippen LogP contribution in [0.1, 0.15) is 25.8 Å². The molecule has 14 heavy (non-hydrogen) atoms. The van der Waals surface area contributed by atoms with Gasteiger partial charge in [-0.25, -0.2) is 0 Å². The van der Waals surface area contributed by atoms with Crippen molar-refractivity contribution in [3.63, 3.8) is 0 Å². The van der Waals surface area contributed by atoms with E-state index in [-0.39, 0.29) is 11.2 Å². The Morgan fingerprint density at radius 1 is 1.21 bits per heavy atom. The van der Waals surface area contributed by atoms with Crippen LogP contribution in [0.5, 0.6) is 5.75 Å². The van der Waals surface area contributed by atoms with Crippen molar-refractivity contribution >= 4 is 0 Å². The SMILES string of the molecule is CC1(C)CC2(CO2)c2ccccc2O1. The summed E-state index contributed by atoms with van der Waals surface area (Å²) in [6, 6.07) is 8.19. The molecule has 0 N–H and O–H groups in total. The fourth-order valence-corrected chi connectivity index (χ4v) is 2.39. The molecular weight excluding hydrogens is 176 g/mol. The first-order valence-electron chi connectivity index (χ1n) is 5.04. The lowest BCUT2D eigenvalue weighted by Crippen LogP contribution is -2.38. The van der Waals surface area contributed by atoms with Crippen molar-refractivity contribution in [2.24, 2.45) is 0 Å². The summed E-state index contributed by atoms with van der Waals surface area (Å²) in [5.41, 5.74) is 1.09. The van der Waals surface area contributed by atoms with Crippen molar-refractivity contribution in [3.8, 4) is 5.75 Å². The standard InChI is InChI=1S/C12H14O2/c1-11(2)7-12(8-13-12)9-5-3-4-6-10(9)14-11/h3-6H,7-8H2,1-2H3. The summed E-state index contributed by atoms with van der Waals surface area (Å²) in [7, 11) is 0. The van der Waals surface area contributed by atoms with E-state index in [2.05, 4.69) is 19.9 Å². The number of para-hydroxylation sites is 1. The van der Waals surface area contributed by atoms with Gasteiger partial charge in [0, 0.05) is 12.0 Å². The first-order chi connectivity index (χ1) is 6.61. The Morgan fingerprint density at radius 2 is 1.93 bits per heavy atom. The van der Waals surface area contributed by atoms with Gasteiger partial charge in [-0.2, -0.15) is 0 Å². The van der Waals surface area contributed by atoms with Crippen molar-refractivity contribution in [2.75, 3.05) is 6.61 Å². The molecule has 1 spiro atoms. The molecule has 1 atom stereocenters. The predicted molar refractivity (Wildman–Crippen MR) is 53.4 cm³/mol. The highest BCUT2D eigenvalue weighted by molar-refractivity contribution is 5.43. The Balaban J connectivity index is 2.13. The third-order valence-corrected chi connectivity index (χ3v) is 2.97. The Labute approximate surface area is 83.8 Å². The lowest BCUT2D eigenvalue weighted by Gasteiger charge is -2.36. The number of ether oxygens (including phenoxy) is 2. The molecule has 3 rings (SSSR count). The molecular formula is C12H14O2. The Bertz CT molecular complexity index is 378. The molecule has 2 nitrogen and oxygen atoms in total. The van der Waals surface area contributed by atoms with Crippen molar-refractivity contribution in [1.29, 1.82) is 0 Å². The first-order valence-corrected chi connectivity index (χ1v) is 5.04. The van der Waals surface area contributed by atoms with Gasteiger partial charge in [-0.05, 0) is 19.9 Å². The molecule has 1 saturated heterocycles. The van der Waals surface area contributed by atoms with Crippen LogP contribution >= 0.6 is 0 Å². The fraction of sp³-hybridized carbons (Fsp3) is 0.500. The lowest BCUT2D eigenvalue weighted by atomic mass is 9.85. The van der Waals surface area contributed by atoms with E-state index in [0.717, 1.165) is 18.8 Å². The topological polar surface area (TPSA) is 21.8 Å². The first kappa shape index (κ1) is 8.30. The van der Waals surface area contributed by atoms with Crippen molar-refractivity contribution in [1.82, 2.24) is 0 Å². The van der Waals surface area contributed by atoms with E-state index in [1.54, 1.807) is 0 Å². The molecule has 0 aromatic heterocycles. The van der Waals surface area contributed by atoms with E-state index < -0.39 is 0 Å². The second-order valence-corrected chi connectivity index (χ2v) is 4.82. The second kappa shape index (κ2) is 2.31. The van der Waals surface area contributed by atoms with Crippen molar-refractivity contribution < 1.29 is 9.47 Å². The van der Waals surface area contributed by atoms with Crippen LogP contribution in [0.25, 0.3) is 0 Å². The summed E-state index contributed by atoms with van der Waals surface area (Å²) in [6.45, 7) is 5.08. The van der Waals surface area contributed by atoms with E-state index >= 15 is 0 Å². The van der Waals surface area contributed by atoms with Crippen LogP contribution in [-0.2, 0) is 10.3 Å². The third-order valence-electron chi connectivity index (χ3n) is 2.97. The summed E-state index contributed by atoms with van der Waals surface area (Å²) >= 11 is 0. The highest BCUT2D eigenvalue weighted by Gasteiger charge is 2.54. The molecule has 0 bridgehead atoms. The molecule has 1 fully saturated rings. The summed E-state index contributed by atoms with van der Waals surface area (Å²) < 4.78 is 11.5. The van der Waals surface area contributed by atoms with Crippen molar-refractivity contribution in [2.45, 2.75) is 31.5 Å². The van der Waals surface area contributed by atoms with Gasteiger partial charge in [0.2, 0.25) is 0 Å². The number of hydrogen-bond acceptors (Lipinski definition) is 2. The van der Waals surface area contributed by atoms with Gasteiger partial charge in [0.25, 0.3) is 0 Å². The molecule has 0 saturated carbocycles. The highest BCUT2D eigenvalue weighted by atomic mass is 16.6. The monoisotopic (exact) mass is 190 g/mol. The minimum atomic E-state index is -0.106. The molecule has 1 unspecified atom stereocenters.